The van der Waals surface area contributed by atoms with Crippen LogP contribution in [0.2, 0.25) is 0 Å². The highest BCUT2D eigenvalue weighted by atomic mass is 79.9. The summed E-state index contributed by atoms with van der Waals surface area (Å²) >= 11 is 0. The lowest BCUT2D eigenvalue weighted by molar-refractivity contribution is -0.688. The van der Waals surface area contributed by atoms with Gasteiger partial charge in [-0.15, -0.1) is 0 Å². The molecule has 8 heteroatoms. The number of halogens is 6. The summed E-state index contributed by atoms with van der Waals surface area (Å²) in [5, 5.41) is 0. The SMILES string of the molecule is C=Cn1cc[n+](Cc2c(F)c(F)c(F)c(F)c2F)c1.[Br-]. The topological polar surface area (TPSA) is 8.81 Å². The summed E-state index contributed by atoms with van der Waals surface area (Å²) in [4.78, 5) is 0. The number of nitrogens with zero attached hydrogens (tertiary/aromatic N) is 2. The van der Waals surface area contributed by atoms with Crippen molar-refractivity contribution >= 4 is 6.20 Å². The van der Waals surface area contributed by atoms with E-state index < -0.39 is 41.2 Å². The van der Waals surface area contributed by atoms with Crippen LogP contribution >= 0.6 is 0 Å². The van der Waals surface area contributed by atoms with Crippen molar-refractivity contribution in [1.82, 2.24) is 4.57 Å². The molecule has 1 aromatic heterocycles. The average Bonchev–Trinajstić information content (AvgIpc) is 2.87. The molecule has 0 unspecified atom stereocenters. The van der Waals surface area contributed by atoms with Crippen LogP contribution in [-0.4, -0.2) is 4.57 Å². The predicted octanol–water partition coefficient (Wildman–Crippen LogP) is -0.376. The Morgan fingerprint density at radius 3 is 1.95 bits per heavy atom. The van der Waals surface area contributed by atoms with E-state index >= 15 is 0 Å². The second-order valence-electron chi connectivity index (χ2n) is 3.76. The average molecular weight is 355 g/mol. The van der Waals surface area contributed by atoms with Gasteiger partial charge in [-0.2, -0.15) is 0 Å². The van der Waals surface area contributed by atoms with Crippen molar-refractivity contribution in [3.63, 3.8) is 0 Å². The van der Waals surface area contributed by atoms with Gasteiger partial charge in [0.2, 0.25) is 12.1 Å². The molecular formula is C12H8BrF5N2. The molecule has 108 valence electrons. The Bertz CT molecular complexity index is 625. The van der Waals surface area contributed by atoms with Gasteiger partial charge >= 0.3 is 0 Å². The number of hydrogen-bond donors (Lipinski definition) is 0. The zero-order valence-electron chi connectivity index (χ0n) is 9.89. The third-order valence-corrected chi connectivity index (χ3v) is 2.56. The first-order valence-corrected chi connectivity index (χ1v) is 5.15. The van der Waals surface area contributed by atoms with Gasteiger partial charge in [-0.25, -0.2) is 31.1 Å². The molecule has 0 aliphatic rings. The third kappa shape index (κ3) is 2.74. The van der Waals surface area contributed by atoms with E-state index in [-0.39, 0.29) is 17.0 Å². The maximum Gasteiger partial charge on any atom is 0.248 e. The van der Waals surface area contributed by atoms with Crippen LogP contribution < -0.4 is 21.5 Å². The van der Waals surface area contributed by atoms with E-state index in [0.29, 0.717) is 0 Å². The fourth-order valence-corrected chi connectivity index (χ4v) is 1.58. The first-order chi connectivity index (χ1) is 8.95. The molecule has 2 rings (SSSR count). The van der Waals surface area contributed by atoms with Crippen molar-refractivity contribution < 1.29 is 43.5 Å². The predicted molar refractivity (Wildman–Crippen MR) is 56.3 cm³/mol. The van der Waals surface area contributed by atoms with Crippen LogP contribution in [0.5, 0.6) is 0 Å². The largest absolute Gasteiger partial charge is 1.00 e. The Balaban J connectivity index is 0.00000200. The Hall–Kier alpha value is -1.70. The van der Waals surface area contributed by atoms with Gasteiger partial charge in [0.25, 0.3) is 0 Å². The molecular weight excluding hydrogens is 347 g/mol. The Kier molecular flexibility index (Phi) is 5.04. The molecule has 0 atom stereocenters. The summed E-state index contributed by atoms with van der Waals surface area (Å²) in [6.45, 7) is 2.98. The molecule has 2 aromatic rings. The zero-order chi connectivity index (χ0) is 14.2. The van der Waals surface area contributed by atoms with Gasteiger partial charge in [-0.3, -0.25) is 0 Å². The Morgan fingerprint density at radius 2 is 1.50 bits per heavy atom. The summed E-state index contributed by atoms with van der Waals surface area (Å²) in [5.74, 6) is -9.70. The van der Waals surface area contributed by atoms with Crippen LogP contribution in [-0.2, 0) is 6.54 Å². The van der Waals surface area contributed by atoms with Crippen molar-refractivity contribution in [2.45, 2.75) is 6.54 Å². The van der Waals surface area contributed by atoms with Gasteiger partial charge in [-0.1, -0.05) is 6.58 Å². The van der Waals surface area contributed by atoms with Gasteiger partial charge in [0, 0.05) is 0 Å². The number of rotatable bonds is 3. The normalized spacial score (nSPS) is 10.2. The third-order valence-electron chi connectivity index (χ3n) is 2.56. The minimum Gasteiger partial charge on any atom is -1.00 e. The quantitative estimate of drug-likeness (QED) is 0.307. The van der Waals surface area contributed by atoms with Gasteiger partial charge in [-0.05, 0) is 0 Å². The number of hydrogen-bond acceptors (Lipinski definition) is 0. The van der Waals surface area contributed by atoms with Gasteiger partial charge in [0.1, 0.15) is 18.9 Å². The van der Waals surface area contributed by atoms with E-state index in [1.165, 1.54) is 34.1 Å². The van der Waals surface area contributed by atoms with Gasteiger partial charge < -0.3 is 17.0 Å². The smallest absolute Gasteiger partial charge is 0.248 e. The van der Waals surface area contributed by atoms with Crippen molar-refractivity contribution in [1.29, 1.82) is 0 Å². The van der Waals surface area contributed by atoms with Crippen LogP contribution in [0, 0.1) is 29.1 Å². The molecule has 1 heterocycles. The van der Waals surface area contributed by atoms with E-state index in [2.05, 4.69) is 6.58 Å². The van der Waals surface area contributed by atoms with Crippen molar-refractivity contribution in [2.24, 2.45) is 0 Å². The van der Waals surface area contributed by atoms with Crippen molar-refractivity contribution in [2.75, 3.05) is 0 Å². The summed E-state index contributed by atoms with van der Waals surface area (Å²) in [6, 6.07) is 0. The maximum absolute atomic E-state index is 13.4. The number of aromatic nitrogens is 2. The number of imidazole rings is 1. The second kappa shape index (κ2) is 6.17. The molecule has 20 heavy (non-hydrogen) atoms. The second-order valence-corrected chi connectivity index (χ2v) is 3.76. The number of benzene rings is 1. The lowest BCUT2D eigenvalue weighted by atomic mass is 10.1. The molecule has 0 saturated carbocycles. The summed E-state index contributed by atoms with van der Waals surface area (Å²) < 4.78 is 68.4. The first kappa shape index (κ1) is 16.4. The van der Waals surface area contributed by atoms with Crippen LogP contribution in [0.3, 0.4) is 0 Å². The standard InChI is InChI=1S/C12H8F5N2.BrH/c1-2-18-3-4-19(6-18)5-7-8(13)10(15)12(17)11(16)9(7)14;/h2-4,6H,1,5H2;1H/q+1;/p-1. The van der Waals surface area contributed by atoms with E-state index in [1.807, 2.05) is 0 Å². The molecule has 2 nitrogen and oxygen atoms in total. The maximum atomic E-state index is 13.4. The van der Waals surface area contributed by atoms with Crippen LogP contribution in [0.1, 0.15) is 5.56 Å². The lowest BCUT2D eigenvalue weighted by Crippen LogP contribution is -3.00. The summed E-state index contributed by atoms with van der Waals surface area (Å²) in [7, 11) is 0. The highest BCUT2D eigenvalue weighted by Crippen LogP contribution is 2.22. The monoisotopic (exact) mass is 354 g/mol. The molecule has 0 aliphatic carbocycles. The molecule has 0 amide bonds. The first-order valence-electron chi connectivity index (χ1n) is 5.15. The van der Waals surface area contributed by atoms with Crippen LogP contribution in [0.15, 0.2) is 25.3 Å². The van der Waals surface area contributed by atoms with Crippen molar-refractivity contribution in [3.05, 3.63) is 59.9 Å². The molecule has 0 bridgehead atoms. The van der Waals surface area contributed by atoms with Crippen LogP contribution in [0.4, 0.5) is 22.0 Å². The molecule has 0 aliphatic heterocycles. The Labute approximate surface area is 121 Å². The Morgan fingerprint density at radius 1 is 1.00 bits per heavy atom. The molecule has 0 N–H and O–H groups in total. The van der Waals surface area contributed by atoms with Gasteiger partial charge in [0.15, 0.2) is 23.3 Å². The van der Waals surface area contributed by atoms with Crippen molar-refractivity contribution in [3.8, 4) is 0 Å². The summed E-state index contributed by atoms with van der Waals surface area (Å²) in [5.41, 5.74) is -0.886. The molecule has 0 saturated heterocycles. The molecule has 0 radical (unpaired) electrons. The molecule has 0 spiro atoms. The summed E-state index contributed by atoms with van der Waals surface area (Å²) in [6.07, 6.45) is 5.73. The highest BCUT2D eigenvalue weighted by Gasteiger charge is 2.26. The molecule has 1 aromatic carbocycles. The minimum absolute atomic E-state index is 0. The van der Waals surface area contributed by atoms with E-state index in [1.54, 1.807) is 0 Å². The highest BCUT2D eigenvalue weighted by molar-refractivity contribution is 5.23. The van der Waals surface area contributed by atoms with E-state index in [0.717, 1.165) is 0 Å². The lowest BCUT2D eigenvalue weighted by Gasteiger charge is -2.06. The van der Waals surface area contributed by atoms with Gasteiger partial charge in [0.05, 0.1) is 11.8 Å². The van der Waals surface area contributed by atoms with E-state index in [9.17, 15) is 22.0 Å². The fraction of sp³-hybridized carbons (Fsp3) is 0.0833. The molecule has 0 fully saturated rings. The fourth-order valence-electron chi connectivity index (χ4n) is 1.58. The zero-order valence-corrected chi connectivity index (χ0v) is 11.5. The minimum atomic E-state index is -2.16. The van der Waals surface area contributed by atoms with Crippen LogP contribution in [0.25, 0.3) is 6.20 Å². The van der Waals surface area contributed by atoms with E-state index in [4.69, 9.17) is 0 Å².